The summed E-state index contributed by atoms with van der Waals surface area (Å²) in [4.78, 5) is 48.0. The Morgan fingerprint density at radius 2 is 0.565 bits per heavy atom. The maximum Gasteiger partial charge on any atom is 4.00 e. The van der Waals surface area contributed by atoms with Gasteiger partial charge in [-0.05, 0) is 70.1 Å². The molecule has 0 fully saturated rings. The zero-order valence-corrected chi connectivity index (χ0v) is 38.1. The molecule has 0 amide bonds. The first-order valence-electron chi connectivity index (χ1n) is 21.7. The number of nitrogens with zero attached hydrogens (tertiary/aromatic N) is 12. The summed E-state index contributed by atoms with van der Waals surface area (Å²) in [5.41, 5.74) is 9.82. The van der Waals surface area contributed by atoms with Gasteiger partial charge in [-0.1, -0.05) is 158 Å². The van der Waals surface area contributed by atoms with Crippen LogP contribution in [0, 0.1) is 0 Å². The Hall–Kier alpha value is -9.06. The van der Waals surface area contributed by atoms with Gasteiger partial charge in [0.2, 0.25) is 0 Å². The van der Waals surface area contributed by atoms with Crippen molar-refractivity contribution in [1.82, 2.24) is 39.9 Å². The smallest absolute Gasteiger partial charge is 0.804 e. The number of fused-ring (bicyclic) bond motifs is 20. The van der Waals surface area contributed by atoms with Crippen LogP contribution in [0.15, 0.2) is 216 Å². The third-order valence-corrected chi connectivity index (χ3v) is 11.1. The minimum Gasteiger partial charge on any atom is -0.804 e. The maximum atomic E-state index is 9.08. The van der Waals surface area contributed by atoms with Crippen LogP contribution >= 0.6 is 0 Å². The van der Waals surface area contributed by atoms with E-state index in [1.54, 1.807) is 48.6 Å². The zero-order chi connectivity index (χ0) is 45.8. The van der Waals surface area contributed by atoms with E-state index in [0.717, 1.165) is 66.6 Å². The van der Waals surface area contributed by atoms with Crippen LogP contribution in [0.1, 0.15) is 0 Å². The Bertz CT molecular complexity index is 3400. The summed E-state index contributed by atoms with van der Waals surface area (Å²) in [6.07, 6.45) is 13.6. The van der Waals surface area contributed by atoms with Crippen LogP contribution in [0.25, 0.3) is 101 Å². The molecule has 9 aromatic rings. The van der Waals surface area contributed by atoms with Crippen LogP contribution in [0.4, 0.5) is 11.4 Å². The largest absolute Gasteiger partial charge is 4.00 e. The van der Waals surface area contributed by atoms with Gasteiger partial charge in [0.25, 0.3) is 0 Å². The normalized spacial score (nSPS) is 12.9. The van der Waals surface area contributed by atoms with Gasteiger partial charge >= 0.3 is 19.5 Å². The van der Waals surface area contributed by atoms with Crippen molar-refractivity contribution in [2.45, 2.75) is 0 Å². The van der Waals surface area contributed by atoms with Crippen molar-refractivity contribution in [3.8, 4) is 45.6 Å². The molecule has 0 saturated carbocycles. The molecule has 5 heterocycles. The van der Waals surface area contributed by atoms with Crippen molar-refractivity contribution in [3.63, 3.8) is 0 Å². The van der Waals surface area contributed by atoms with E-state index in [4.69, 9.17) is 50.7 Å². The molecule has 0 unspecified atom stereocenters. The zero-order valence-electron chi connectivity index (χ0n) is 36.4. The molecule has 0 atom stereocenters. The fourth-order valence-corrected chi connectivity index (χ4v) is 7.82. The fraction of sp³-hybridized carbons (Fsp3) is 0. The molecule has 8 bridgehead atoms. The van der Waals surface area contributed by atoms with Crippen molar-refractivity contribution in [1.29, 1.82) is 0 Å². The van der Waals surface area contributed by atoms with Gasteiger partial charge in [-0.2, -0.15) is 11.4 Å². The van der Waals surface area contributed by atoms with Crippen LogP contribution in [0.5, 0.6) is 0 Å². The van der Waals surface area contributed by atoms with Gasteiger partial charge in [-0.15, -0.1) is 0 Å². The second kappa shape index (κ2) is 19.4. The minimum atomic E-state index is 0. The molecule has 13 rings (SSSR count). The van der Waals surface area contributed by atoms with Crippen LogP contribution in [-0.2, 0) is 19.5 Å². The van der Waals surface area contributed by atoms with Crippen LogP contribution in [0.2, 0.25) is 0 Å². The first-order valence-corrected chi connectivity index (χ1v) is 21.7. The summed E-state index contributed by atoms with van der Waals surface area (Å²) >= 11 is 0. The van der Waals surface area contributed by atoms with Gasteiger partial charge in [-0.25, -0.2) is 20.0 Å². The first-order chi connectivity index (χ1) is 33.5. The summed E-state index contributed by atoms with van der Waals surface area (Å²) in [5.74, 6) is 2.21. The number of aromatic nitrogens is 8. The monoisotopic (exact) mass is 976 g/mol. The van der Waals surface area contributed by atoms with E-state index in [0.29, 0.717) is 45.9 Å². The molecule has 2 aliphatic carbocycles. The van der Waals surface area contributed by atoms with Crippen molar-refractivity contribution in [2.24, 2.45) is 9.98 Å². The molecule has 0 N–H and O–H groups in total. The second-order valence-electron chi connectivity index (χ2n) is 15.6. The molecule has 4 aliphatic rings. The molecule has 2 aliphatic heterocycles. The van der Waals surface area contributed by atoms with Crippen LogP contribution in [0.3, 0.4) is 0 Å². The van der Waals surface area contributed by atoms with Crippen LogP contribution < -0.4 is 9.97 Å². The second-order valence-corrected chi connectivity index (χ2v) is 15.6. The van der Waals surface area contributed by atoms with Gasteiger partial charge in [-0.3, -0.25) is 0 Å². The summed E-state index contributed by atoms with van der Waals surface area (Å²) in [6.45, 7) is 0. The topological polar surface area (TPSA) is 175 Å². The number of hydrogen-bond acceptors (Lipinski definition) is 8. The molecule has 69 heavy (non-hydrogen) atoms. The van der Waals surface area contributed by atoms with E-state index in [9.17, 15) is 0 Å². The van der Waals surface area contributed by atoms with Crippen molar-refractivity contribution in [3.05, 3.63) is 217 Å². The van der Waals surface area contributed by atoms with E-state index >= 15 is 0 Å². The quantitative estimate of drug-likeness (QED) is 0.121. The van der Waals surface area contributed by atoms with E-state index in [1.165, 1.54) is 0 Å². The molecule has 3 aromatic heterocycles. The molecular formula is C56H34N12Ru. The molecule has 6 aromatic carbocycles. The predicted molar refractivity (Wildman–Crippen MR) is 274 cm³/mol. The van der Waals surface area contributed by atoms with E-state index in [1.807, 2.05) is 158 Å². The average molecular weight is 976 g/mol. The number of allylic oxidation sites excluding steroid dienone is 8. The van der Waals surface area contributed by atoms with Crippen molar-refractivity contribution in [2.75, 3.05) is 0 Å². The van der Waals surface area contributed by atoms with Gasteiger partial charge < -0.3 is 40.7 Å². The average Bonchev–Trinajstić information content (AvgIpc) is 4.12. The van der Waals surface area contributed by atoms with E-state index in [-0.39, 0.29) is 30.9 Å². The number of aliphatic imine (C=N–C) groups is 2. The maximum absolute atomic E-state index is 9.08. The first kappa shape index (κ1) is 43.8. The number of benzene rings is 6. The SMILES string of the molecule is [N-]=C1C=CC(=Nc2ccccc2)C=C1.[N-]=C1C=CC(=Nc2ccccc2)C=C1.[Ru+4].c1ccc2c(c1)-c1nc-2nc2[n-]c(nc3nc(nc4[n-]c(n1)c1ccccc41)-c1ccccc1-3)c1ccccc21. The Morgan fingerprint density at radius 3 is 0.855 bits per heavy atom. The molecule has 12 nitrogen and oxygen atoms in total. The molecule has 326 valence electrons. The standard InChI is InChI=1S/C32H16N8.2C12H9N2.Ru/c1-2-10-18-17(9-1)25-33-26(18)38-28-21-13-5-6-14-22(21)30(35-28)40-32-24-16-8-7-15-23(24)31(36-32)39-29-20-12-4-3-11-19(20)27(34-29)37-25;2*13-10-6-8-12(9-7-10)14-11-4-2-1-3-5-11;/h1-16H;2*1-9H;/q-2;2*-1;+4. The molecule has 13 heteroatoms. The number of para-hydroxylation sites is 2. The van der Waals surface area contributed by atoms with Gasteiger partial charge in [0.05, 0.1) is 46.1 Å². The van der Waals surface area contributed by atoms with Crippen molar-refractivity contribution >= 4 is 78.4 Å². The Labute approximate surface area is 408 Å². The predicted octanol–water partition coefficient (Wildman–Crippen LogP) is 11.9. The molecule has 0 radical (unpaired) electrons. The summed E-state index contributed by atoms with van der Waals surface area (Å²) in [7, 11) is 0. The number of rotatable bonds is 2. The molecular weight excluding hydrogens is 942 g/mol. The third kappa shape index (κ3) is 9.35. The van der Waals surface area contributed by atoms with E-state index < -0.39 is 0 Å². The van der Waals surface area contributed by atoms with E-state index in [2.05, 4.69) is 9.98 Å². The summed E-state index contributed by atoms with van der Waals surface area (Å²) < 4.78 is 0. The van der Waals surface area contributed by atoms with Gasteiger partial charge in [0, 0.05) is 44.8 Å². The van der Waals surface area contributed by atoms with Gasteiger partial charge in [0.1, 0.15) is 0 Å². The van der Waals surface area contributed by atoms with Crippen LogP contribution in [-0.4, -0.2) is 52.8 Å². The van der Waals surface area contributed by atoms with Crippen molar-refractivity contribution < 1.29 is 19.5 Å². The van der Waals surface area contributed by atoms with Gasteiger partial charge in [0.15, 0.2) is 0 Å². The summed E-state index contributed by atoms with van der Waals surface area (Å²) in [5, 5.41) is 21.7. The molecule has 0 saturated heterocycles. The Kier molecular flexibility index (Phi) is 12.3. The molecule has 0 spiro atoms. The Balaban J connectivity index is 0.000000156. The minimum absolute atomic E-state index is 0. The number of hydrogen-bond donors (Lipinski definition) is 0. The summed E-state index contributed by atoms with van der Waals surface area (Å²) in [6, 6.07) is 51.3. The fourth-order valence-electron chi connectivity index (χ4n) is 7.82. The Morgan fingerprint density at radius 1 is 0.304 bits per heavy atom. The third-order valence-electron chi connectivity index (χ3n) is 11.1.